The minimum absolute atomic E-state index is 0.0796. The van der Waals surface area contributed by atoms with Gasteiger partial charge in [-0.15, -0.1) is 0 Å². The first-order chi connectivity index (χ1) is 10.1. The lowest BCUT2D eigenvalue weighted by Crippen LogP contribution is -2.45. The Morgan fingerprint density at radius 2 is 1.82 bits per heavy atom. The van der Waals surface area contributed by atoms with Gasteiger partial charge in [0.1, 0.15) is 0 Å². The highest BCUT2D eigenvalue weighted by Crippen LogP contribution is 2.38. The first-order valence-corrected chi connectivity index (χ1v) is 10.7. The summed E-state index contributed by atoms with van der Waals surface area (Å²) in [4.78, 5) is 13.6. The Morgan fingerprint density at radius 1 is 1.23 bits per heavy atom. The van der Waals surface area contributed by atoms with Crippen LogP contribution in [0.25, 0.3) is 0 Å². The molecular formula is C17H27NO3Si. The first kappa shape index (κ1) is 17.0. The maximum Gasteiger partial charge on any atom is 0.410 e. The van der Waals surface area contributed by atoms with Crippen LogP contribution in [0.5, 0.6) is 0 Å². The molecule has 1 fully saturated rings. The van der Waals surface area contributed by atoms with Crippen molar-refractivity contribution in [2.75, 3.05) is 13.7 Å². The molecular weight excluding hydrogens is 294 g/mol. The summed E-state index contributed by atoms with van der Waals surface area (Å²) in [5.41, 5.74) is 1.02. The third-order valence-corrected chi connectivity index (χ3v) is 9.41. The van der Waals surface area contributed by atoms with Crippen molar-refractivity contribution in [1.82, 2.24) is 4.90 Å². The van der Waals surface area contributed by atoms with Gasteiger partial charge in [0, 0.05) is 7.05 Å². The van der Waals surface area contributed by atoms with Crippen LogP contribution in [0.15, 0.2) is 30.3 Å². The molecule has 4 nitrogen and oxygen atoms in total. The molecule has 0 aliphatic carbocycles. The van der Waals surface area contributed by atoms with Crippen LogP contribution >= 0.6 is 0 Å². The molecule has 1 aliphatic rings. The van der Waals surface area contributed by atoms with E-state index in [9.17, 15) is 4.79 Å². The molecule has 0 spiro atoms. The van der Waals surface area contributed by atoms with Crippen molar-refractivity contribution in [1.29, 1.82) is 0 Å². The third-order valence-electron chi connectivity index (χ3n) is 4.91. The highest BCUT2D eigenvalue weighted by Gasteiger charge is 2.43. The highest BCUT2D eigenvalue weighted by molar-refractivity contribution is 6.74. The number of carbonyl (C=O) groups is 1. The number of cyclic esters (lactones) is 1. The lowest BCUT2D eigenvalue weighted by molar-refractivity contribution is 0.120. The zero-order valence-electron chi connectivity index (χ0n) is 14.4. The van der Waals surface area contributed by atoms with Gasteiger partial charge in [0.15, 0.2) is 14.4 Å². The number of amides is 1. The first-order valence-electron chi connectivity index (χ1n) is 7.76. The van der Waals surface area contributed by atoms with Crippen LogP contribution in [0.2, 0.25) is 18.1 Å². The van der Waals surface area contributed by atoms with Gasteiger partial charge < -0.3 is 14.1 Å². The molecule has 2 rings (SSSR count). The second-order valence-corrected chi connectivity index (χ2v) is 12.3. The van der Waals surface area contributed by atoms with Crippen LogP contribution in [0.3, 0.4) is 0 Å². The Kier molecular flexibility index (Phi) is 4.68. The van der Waals surface area contributed by atoms with Crippen molar-refractivity contribution in [2.45, 2.75) is 51.0 Å². The minimum Gasteiger partial charge on any atom is -0.439 e. The molecule has 1 amide bonds. The zero-order chi connectivity index (χ0) is 16.5. The number of benzene rings is 1. The standard InChI is InChI=1S/C17H27NO3Si/c1-17(2,3)22(5,6)20-12-14-15(21-16(19)18(14)4)13-10-8-7-9-11-13/h7-11,14-15H,12H2,1-6H3/t14-,15-/m1/s1. The number of hydrogen-bond acceptors (Lipinski definition) is 3. The predicted molar refractivity (Wildman–Crippen MR) is 90.4 cm³/mol. The van der Waals surface area contributed by atoms with E-state index in [0.717, 1.165) is 5.56 Å². The predicted octanol–water partition coefficient (Wildman–Crippen LogP) is 4.20. The van der Waals surface area contributed by atoms with Crippen LogP contribution in [-0.4, -0.2) is 39.0 Å². The molecule has 1 heterocycles. The van der Waals surface area contributed by atoms with Crippen molar-refractivity contribution >= 4 is 14.4 Å². The Hall–Kier alpha value is -1.33. The van der Waals surface area contributed by atoms with E-state index < -0.39 is 8.32 Å². The second kappa shape index (κ2) is 6.05. The summed E-state index contributed by atoms with van der Waals surface area (Å²) in [5.74, 6) is 0. The van der Waals surface area contributed by atoms with E-state index >= 15 is 0 Å². The molecule has 122 valence electrons. The number of likely N-dealkylation sites (N-methyl/N-ethyl adjacent to an activating group) is 1. The quantitative estimate of drug-likeness (QED) is 0.780. The van der Waals surface area contributed by atoms with E-state index in [1.165, 1.54) is 0 Å². The number of ether oxygens (including phenoxy) is 1. The highest BCUT2D eigenvalue weighted by atomic mass is 28.4. The lowest BCUT2D eigenvalue weighted by Gasteiger charge is -2.37. The summed E-state index contributed by atoms with van der Waals surface area (Å²) in [6.45, 7) is 11.6. The topological polar surface area (TPSA) is 38.8 Å². The van der Waals surface area contributed by atoms with E-state index in [0.29, 0.717) is 6.61 Å². The van der Waals surface area contributed by atoms with Gasteiger partial charge in [0.05, 0.1) is 12.6 Å². The average Bonchev–Trinajstić information content (AvgIpc) is 2.72. The van der Waals surface area contributed by atoms with E-state index in [-0.39, 0.29) is 23.3 Å². The fourth-order valence-corrected chi connectivity index (χ4v) is 3.27. The summed E-state index contributed by atoms with van der Waals surface area (Å²) in [6, 6.07) is 9.81. The minimum atomic E-state index is -1.85. The van der Waals surface area contributed by atoms with Crippen molar-refractivity contribution in [3.05, 3.63) is 35.9 Å². The Labute approximate surface area is 134 Å². The van der Waals surface area contributed by atoms with Crippen LogP contribution < -0.4 is 0 Å². The van der Waals surface area contributed by atoms with Gasteiger partial charge in [-0.2, -0.15) is 0 Å². The summed E-state index contributed by atoms with van der Waals surface area (Å²) in [7, 11) is -0.0654. The number of carbonyl (C=O) groups excluding carboxylic acids is 1. The molecule has 5 heteroatoms. The summed E-state index contributed by atoms with van der Waals surface area (Å²) >= 11 is 0. The maximum absolute atomic E-state index is 11.9. The Bertz CT molecular complexity index is 524. The summed E-state index contributed by atoms with van der Waals surface area (Å²) in [6.07, 6.45) is -0.541. The van der Waals surface area contributed by atoms with E-state index in [1.54, 1.807) is 11.9 Å². The Balaban J connectivity index is 2.15. The molecule has 1 aromatic rings. The summed E-state index contributed by atoms with van der Waals surface area (Å²) in [5, 5.41) is 0.150. The van der Waals surface area contributed by atoms with Crippen molar-refractivity contribution < 1.29 is 14.0 Å². The van der Waals surface area contributed by atoms with Gasteiger partial charge >= 0.3 is 6.09 Å². The molecule has 0 aromatic heterocycles. The van der Waals surface area contributed by atoms with Gasteiger partial charge in [-0.1, -0.05) is 51.1 Å². The van der Waals surface area contributed by atoms with Crippen molar-refractivity contribution in [2.24, 2.45) is 0 Å². The molecule has 0 unspecified atom stereocenters. The lowest BCUT2D eigenvalue weighted by atomic mass is 10.0. The molecule has 22 heavy (non-hydrogen) atoms. The fraction of sp³-hybridized carbons (Fsp3) is 0.588. The zero-order valence-corrected chi connectivity index (χ0v) is 15.4. The molecule has 0 N–H and O–H groups in total. The van der Waals surface area contributed by atoms with Crippen molar-refractivity contribution in [3.8, 4) is 0 Å². The number of rotatable bonds is 4. The van der Waals surface area contributed by atoms with Gasteiger partial charge in [-0.05, 0) is 23.7 Å². The van der Waals surface area contributed by atoms with Gasteiger partial charge in [-0.3, -0.25) is 0 Å². The van der Waals surface area contributed by atoms with Crippen LogP contribution in [-0.2, 0) is 9.16 Å². The van der Waals surface area contributed by atoms with Gasteiger partial charge in [0.25, 0.3) is 0 Å². The van der Waals surface area contributed by atoms with E-state index in [2.05, 4.69) is 33.9 Å². The molecule has 0 radical (unpaired) electrons. The molecule has 0 bridgehead atoms. The normalized spacial score (nSPS) is 22.8. The van der Waals surface area contributed by atoms with Crippen LogP contribution in [0, 0.1) is 0 Å². The molecule has 1 aliphatic heterocycles. The van der Waals surface area contributed by atoms with E-state index in [1.807, 2.05) is 30.3 Å². The number of nitrogens with zero attached hydrogens (tertiary/aromatic N) is 1. The molecule has 1 aromatic carbocycles. The fourth-order valence-electron chi connectivity index (χ4n) is 2.25. The smallest absolute Gasteiger partial charge is 0.410 e. The largest absolute Gasteiger partial charge is 0.439 e. The van der Waals surface area contributed by atoms with Crippen LogP contribution in [0.4, 0.5) is 4.79 Å². The van der Waals surface area contributed by atoms with Gasteiger partial charge in [0.2, 0.25) is 0 Å². The average molecular weight is 321 g/mol. The van der Waals surface area contributed by atoms with Gasteiger partial charge in [-0.25, -0.2) is 4.79 Å². The SMILES string of the molecule is CN1C(=O)O[C@H](c2ccccc2)[C@H]1CO[Si](C)(C)C(C)(C)C. The molecule has 0 saturated carbocycles. The van der Waals surface area contributed by atoms with E-state index in [4.69, 9.17) is 9.16 Å². The monoisotopic (exact) mass is 321 g/mol. The second-order valence-electron chi connectivity index (χ2n) is 7.46. The Morgan fingerprint density at radius 3 is 2.36 bits per heavy atom. The van der Waals surface area contributed by atoms with Crippen LogP contribution in [0.1, 0.15) is 32.4 Å². The summed E-state index contributed by atoms with van der Waals surface area (Å²) < 4.78 is 11.9. The number of hydrogen-bond donors (Lipinski definition) is 0. The molecule has 2 atom stereocenters. The third kappa shape index (κ3) is 3.36. The maximum atomic E-state index is 11.9. The molecule has 1 saturated heterocycles. The van der Waals surface area contributed by atoms with Crippen molar-refractivity contribution in [3.63, 3.8) is 0 Å².